The van der Waals surface area contributed by atoms with E-state index in [2.05, 4.69) is 0 Å². The monoisotopic (exact) mass is 288 g/mol. The molecule has 7 heteroatoms. The molecule has 1 aliphatic rings. The van der Waals surface area contributed by atoms with Gasteiger partial charge < -0.3 is 4.90 Å². The van der Waals surface area contributed by atoms with Gasteiger partial charge >= 0.3 is 6.18 Å². The lowest BCUT2D eigenvalue weighted by atomic mass is 9.99. The number of hydrogen-bond donors (Lipinski definition) is 0. The number of alkyl halides is 3. The Balaban J connectivity index is 2.39. The Hall–Kier alpha value is -1.79. The second-order valence-electron chi connectivity index (χ2n) is 5.15. The highest BCUT2D eigenvalue weighted by Gasteiger charge is 2.38. The first-order valence-electron chi connectivity index (χ1n) is 6.39. The van der Waals surface area contributed by atoms with Crippen LogP contribution in [0.2, 0.25) is 0 Å². The molecule has 1 heterocycles. The number of hydrogen-bond acceptors (Lipinski definition) is 3. The summed E-state index contributed by atoms with van der Waals surface area (Å²) in [7, 11) is 0. The van der Waals surface area contributed by atoms with Gasteiger partial charge in [0, 0.05) is 24.8 Å². The summed E-state index contributed by atoms with van der Waals surface area (Å²) in [5, 5.41) is 10.7. The summed E-state index contributed by atoms with van der Waals surface area (Å²) in [5.74, 6) is 0.410. The van der Waals surface area contributed by atoms with Gasteiger partial charge in [-0.25, -0.2) is 0 Å². The minimum Gasteiger partial charge on any atom is -0.371 e. The number of benzene rings is 1. The first-order valence-corrected chi connectivity index (χ1v) is 6.39. The van der Waals surface area contributed by atoms with Crippen molar-refractivity contribution in [3.8, 4) is 0 Å². The number of anilines is 1. The summed E-state index contributed by atoms with van der Waals surface area (Å²) in [5.41, 5.74) is -1.68. The molecule has 2 rings (SSSR count). The first-order chi connectivity index (χ1) is 9.29. The van der Waals surface area contributed by atoms with Gasteiger partial charge in [-0.2, -0.15) is 13.2 Å². The Morgan fingerprint density at radius 1 is 1.40 bits per heavy atom. The molecule has 4 nitrogen and oxygen atoms in total. The van der Waals surface area contributed by atoms with Crippen molar-refractivity contribution in [1.82, 2.24) is 0 Å². The fraction of sp³-hybridized carbons (Fsp3) is 0.538. The minimum absolute atomic E-state index is 0.398. The van der Waals surface area contributed by atoms with Crippen LogP contribution in [0, 0.1) is 16.0 Å². The van der Waals surface area contributed by atoms with Crippen molar-refractivity contribution in [2.24, 2.45) is 5.92 Å². The highest BCUT2D eigenvalue weighted by molar-refractivity contribution is 5.57. The summed E-state index contributed by atoms with van der Waals surface area (Å²) >= 11 is 0. The van der Waals surface area contributed by atoms with E-state index in [0.29, 0.717) is 24.7 Å². The quantitative estimate of drug-likeness (QED) is 0.613. The van der Waals surface area contributed by atoms with Gasteiger partial charge in [-0.05, 0) is 30.9 Å². The molecule has 0 amide bonds. The van der Waals surface area contributed by atoms with Gasteiger partial charge in [0.25, 0.3) is 5.69 Å². The van der Waals surface area contributed by atoms with Crippen molar-refractivity contribution >= 4 is 11.4 Å². The molecule has 0 aromatic heterocycles. The number of piperidine rings is 1. The zero-order valence-corrected chi connectivity index (χ0v) is 11.0. The van der Waals surface area contributed by atoms with E-state index in [4.69, 9.17) is 0 Å². The topological polar surface area (TPSA) is 46.4 Å². The van der Waals surface area contributed by atoms with Crippen molar-refractivity contribution in [2.75, 3.05) is 18.0 Å². The highest BCUT2D eigenvalue weighted by atomic mass is 19.4. The van der Waals surface area contributed by atoms with Crippen LogP contribution < -0.4 is 4.90 Å². The summed E-state index contributed by atoms with van der Waals surface area (Å²) in [6, 6.07) is 3.22. The van der Waals surface area contributed by atoms with Crippen molar-refractivity contribution in [3.63, 3.8) is 0 Å². The summed E-state index contributed by atoms with van der Waals surface area (Å²) in [6.07, 6.45) is -2.76. The van der Waals surface area contributed by atoms with Crippen LogP contribution in [-0.4, -0.2) is 18.0 Å². The number of rotatable bonds is 2. The average molecular weight is 288 g/mol. The number of nitrogens with zero attached hydrogens (tertiary/aromatic N) is 2. The molecule has 1 aromatic carbocycles. The average Bonchev–Trinajstić information content (AvgIpc) is 2.37. The van der Waals surface area contributed by atoms with E-state index in [1.54, 1.807) is 0 Å². The normalized spacial score (nSPS) is 20.0. The zero-order chi connectivity index (χ0) is 14.9. The van der Waals surface area contributed by atoms with Gasteiger partial charge in [0.1, 0.15) is 5.56 Å². The summed E-state index contributed by atoms with van der Waals surface area (Å²) in [4.78, 5) is 11.6. The van der Waals surface area contributed by atoms with Gasteiger partial charge in [-0.1, -0.05) is 6.92 Å². The number of nitro benzene ring substituents is 1. The van der Waals surface area contributed by atoms with E-state index < -0.39 is 22.4 Å². The van der Waals surface area contributed by atoms with Gasteiger partial charge in [-0.15, -0.1) is 0 Å². The molecular weight excluding hydrogens is 273 g/mol. The van der Waals surface area contributed by atoms with Gasteiger partial charge in [0.15, 0.2) is 0 Å². The van der Waals surface area contributed by atoms with Crippen molar-refractivity contribution in [1.29, 1.82) is 0 Å². The third-order valence-corrected chi connectivity index (χ3v) is 3.50. The molecule has 0 saturated carbocycles. The van der Waals surface area contributed by atoms with Gasteiger partial charge in [0.05, 0.1) is 4.92 Å². The molecule has 0 spiro atoms. The van der Waals surface area contributed by atoms with Gasteiger partial charge in [0.2, 0.25) is 0 Å². The lowest BCUT2D eigenvalue weighted by Gasteiger charge is -2.33. The molecule has 0 N–H and O–H groups in total. The minimum atomic E-state index is -4.72. The SMILES string of the molecule is C[C@@H]1CCCN(c2ccc([N+](=O)[O-])c(C(F)(F)F)c2)C1. The van der Waals surface area contributed by atoms with E-state index in [9.17, 15) is 23.3 Å². The maximum atomic E-state index is 12.9. The van der Waals surface area contributed by atoms with Crippen LogP contribution >= 0.6 is 0 Å². The molecule has 20 heavy (non-hydrogen) atoms. The van der Waals surface area contributed by atoms with Crippen LogP contribution in [0.1, 0.15) is 25.3 Å². The lowest BCUT2D eigenvalue weighted by molar-refractivity contribution is -0.388. The second-order valence-corrected chi connectivity index (χ2v) is 5.15. The second kappa shape index (κ2) is 5.30. The smallest absolute Gasteiger partial charge is 0.371 e. The van der Waals surface area contributed by atoms with E-state index in [0.717, 1.165) is 25.0 Å². The fourth-order valence-corrected chi connectivity index (χ4v) is 2.53. The molecule has 1 aliphatic heterocycles. The summed E-state index contributed by atoms with van der Waals surface area (Å²) < 4.78 is 38.7. The fourth-order valence-electron chi connectivity index (χ4n) is 2.53. The predicted molar refractivity (Wildman–Crippen MR) is 68.7 cm³/mol. The molecule has 1 saturated heterocycles. The van der Waals surface area contributed by atoms with Crippen molar-refractivity contribution < 1.29 is 18.1 Å². The number of halogens is 3. The standard InChI is InChI=1S/C13H15F3N2O2/c1-9-3-2-6-17(8-9)10-4-5-12(18(19)20)11(7-10)13(14,15)16/h4-5,7,9H,2-3,6,8H2,1H3/t9-/m1/s1. The maximum absolute atomic E-state index is 12.9. The van der Waals surface area contributed by atoms with Crippen LogP contribution in [0.25, 0.3) is 0 Å². The first kappa shape index (κ1) is 14.6. The Bertz CT molecular complexity index is 517. The van der Waals surface area contributed by atoms with Crippen LogP contribution in [0.4, 0.5) is 24.5 Å². The number of nitro groups is 1. The molecule has 0 bridgehead atoms. The molecule has 110 valence electrons. The molecule has 1 aromatic rings. The Labute approximate surface area is 114 Å². The van der Waals surface area contributed by atoms with Gasteiger partial charge in [-0.3, -0.25) is 10.1 Å². The molecular formula is C13H15F3N2O2. The highest BCUT2D eigenvalue weighted by Crippen LogP contribution is 2.38. The van der Waals surface area contributed by atoms with Crippen LogP contribution in [0.15, 0.2) is 18.2 Å². The van der Waals surface area contributed by atoms with Crippen LogP contribution in [-0.2, 0) is 6.18 Å². The zero-order valence-electron chi connectivity index (χ0n) is 11.0. The third kappa shape index (κ3) is 3.02. The molecule has 0 aliphatic carbocycles. The van der Waals surface area contributed by atoms with Crippen LogP contribution in [0.5, 0.6) is 0 Å². The predicted octanol–water partition coefficient (Wildman–Crippen LogP) is 3.85. The Morgan fingerprint density at radius 3 is 2.65 bits per heavy atom. The lowest BCUT2D eigenvalue weighted by Crippen LogP contribution is -2.34. The Morgan fingerprint density at radius 2 is 2.10 bits per heavy atom. The molecule has 1 atom stereocenters. The third-order valence-electron chi connectivity index (χ3n) is 3.50. The summed E-state index contributed by atoms with van der Waals surface area (Å²) in [6.45, 7) is 3.40. The van der Waals surface area contributed by atoms with Crippen LogP contribution in [0.3, 0.4) is 0 Å². The van der Waals surface area contributed by atoms with E-state index >= 15 is 0 Å². The Kier molecular flexibility index (Phi) is 3.87. The van der Waals surface area contributed by atoms with E-state index in [1.807, 2.05) is 11.8 Å². The van der Waals surface area contributed by atoms with Crippen molar-refractivity contribution in [3.05, 3.63) is 33.9 Å². The molecule has 0 radical (unpaired) electrons. The maximum Gasteiger partial charge on any atom is 0.423 e. The largest absolute Gasteiger partial charge is 0.423 e. The van der Waals surface area contributed by atoms with E-state index in [1.165, 1.54) is 6.07 Å². The molecule has 0 unspecified atom stereocenters. The van der Waals surface area contributed by atoms with Crippen molar-refractivity contribution in [2.45, 2.75) is 25.9 Å². The van der Waals surface area contributed by atoms with E-state index in [-0.39, 0.29) is 0 Å². The molecule has 1 fully saturated rings.